The average molecular weight is 996 g/mol. The Morgan fingerprint density at radius 1 is 0.537 bits per heavy atom. The van der Waals surface area contributed by atoms with Crippen molar-refractivity contribution in [2.24, 2.45) is 5.73 Å². The van der Waals surface area contributed by atoms with Crippen molar-refractivity contribution in [3.63, 3.8) is 0 Å². The van der Waals surface area contributed by atoms with Crippen LogP contribution in [0.3, 0.4) is 0 Å². The molecular formula is C50H90N8O5Si4. The third-order valence-electron chi connectivity index (χ3n) is 15.2. The second-order valence-corrected chi connectivity index (χ2v) is 37.2. The Morgan fingerprint density at radius 3 is 1.15 bits per heavy atom. The summed E-state index contributed by atoms with van der Waals surface area (Å²) in [7, 11) is -7.00. The molecule has 2 heterocycles. The molecule has 3 N–H and O–H groups in total. The molecule has 0 bridgehead atoms. The Morgan fingerprint density at radius 2 is 0.851 bits per heavy atom. The smallest absolute Gasteiger partial charge is 0.192 e. The van der Waals surface area contributed by atoms with Gasteiger partial charge in [-0.1, -0.05) is 106 Å². The summed E-state index contributed by atoms with van der Waals surface area (Å²) >= 11 is 0. The number of nitrogens with two attached hydrogens (primary N) is 1. The van der Waals surface area contributed by atoms with Crippen molar-refractivity contribution in [1.29, 1.82) is 0 Å². The van der Waals surface area contributed by atoms with E-state index >= 15 is 0 Å². The van der Waals surface area contributed by atoms with Crippen molar-refractivity contribution in [2.45, 2.75) is 202 Å². The van der Waals surface area contributed by atoms with Crippen molar-refractivity contribution in [2.75, 3.05) is 13.1 Å². The van der Waals surface area contributed by atoms with Gasteiger partial charge in [0.15, 0.2) is 39.1 Å². The van der Waals surface area contributed by atoms with E-state index in [4.69, 9.17) is 23.4 Å². The van der Waals surface area contributed by atoms with Crippen LogP contribution in [0.4, 0.5) is 0 Å². The Hall–Kier alpha value is -2.98. The molecule has 0 fully saturated rings. The molecule has 13 nitrogen and oxygen atoms in total. The monoisotopic (exact) mass is 995 g/mol. The number of carbonyl (C=O) groups excluding carboxylic acids is 1. The van der Waals surface area contributed by atoms with Crippen LogP contribution in [0.2, 0.25) is 72.5 Å². The minimum Gasteiger partial charge on any atom is -0.411 e. The van der Waals surface area contributed by atoms with Crippen molar-refractivity contribution in [3.05, 3.63) is 82.4 Å². The number of rotatable bonds is 31. The number of nitrogens with zero attached hydrogens (tertiary/aromatic N) is 6. The van der Waals surface area contributed by atoms with Gasteiger partial charge in [-0.25, -0.2) is 9.36 Å². The van der Waals surface area contributed by atoms with Crippen LogP contribution in [0.1, 0.15) is 142 Å². The Labute approximate surface area is 409 Å². The molecule has 0 saturated carbocycles. The summed E-state index contributed by atoms with van der Waals surface area (Å²) < 4.78 is 30.3. The Bertz CT molecular complexity index is 1980. The van der Waals surface area contributed by atoms with E-state index < -0.39 is 33.3 Å². The predicted molar refractivity (Wildman–Crippen MR) is 286 cm³/mol. The van der Waals surface area contributed by atoms with Crippen LogP contribution in [0.5, 0.6) is 0 Å². The highest BCUT2D eigenvalue weighted by Crippen LogP contribution is 2.30. The quantitative estimate of drug-likeness (QED) is 0.0366. The van der Waals surface area contributed by atoms with E-state index in [9.17, 15) is 4.79 Å². The van der Waals surface area contributed by atoms with Gasteiger partial charge in [0, 0.05) is 24.7 Å². The molecule has 0 radical (unpaired) electrons. The van der Waals surface area contributed by atoms with E-state index in [0.717, 1.165) is 113 Å². The van der Waals surface area contributed by atoms with E-state index in [1.807, 2.05) is 33.6 Å². The normalized spacial score (nSPS) is 12.9. The number of hydrogen-bond acceptors (Lipinski definition) is 11. The van der Waals surface area contributed by atoms with Gasteiger partial charge in [-0.05, 0) is 128 Å². The van der Waals surface area contributed by atoms with Crippen LogP contribution < -0.4 is 11.1 Å². The fourth-order valence-corrected chi connectivity index (χ4v) is 19.1. The maximum atomic E-state index is 11.7. The van der Waals surface area contributed by atoms with Crippen molar-refractivity contribution in [3.8, 4) is 11.4 Å². The number of aromatic nitrogens is 6. The zero-order valence-electron chi connectivity index (χ0n) is 44.2. The van der Waals surface area contributed by atoms with Crippen LogP contribution in [-0.4, -0.2) is 82.1 Å². The largest absolute Gasteiger partial charge is 0.411 e. The Balaban J connectivity index is 0.000000357. The van der Waals surface area contributed by atoms with Crippen LogP contribution in [0.25, 0.3) is 11.4 Å². The topological polar surface area (TPSA) is 153 Å². The van der Waals surface area contributed by atoms with Gasteiger partial charge in [-0.2, -0.15) is 0 Å². The van der Waals surface area contributed by atoms with E-state index in [0.29, 0.717) is 38.5 Å². The number of ketones is 1. The van der Waals surface area contributed by atoms with Gasteiger partial charge in [0.1, 0.15) is 11.4 Å². The zero-order valence-corrected chi connectivity index (χ0v) is 48.2. The molecule has 0 spiro atoms. The second kappa shape index (κ2) is 28.6. The first-order valence-electron chi connectivity index (χ1n) is 25.8. The first-order valence-corrected chi connectivity index (χ1v) is 35.9. The van der Waals surface area contributed by atoms with Crippen LogP contribution in [0, 0.1) is 0 Å². The SMILES string of the molecule is CC[Si](CC)(CC)OCc1nnn(-c2ccc(C(C)=O)cc2)c1CO[Si](CC)(CC)CC.CC[Si](CC)(CC)OCc1nnn(-c2ccc(C(C)NCCN)cc2)c1CO[Si](CC)(CC)CC. The molecular weight excluding hydrogens is 905 g/mol. The first kappa shape index (κ1) is 58.3. The van der Waals surface area contributed by atoms with E-state index in [-0.39, 0.29) is 11.8 Å². The molecule has 1 unspecified atom stereocenters. The molecule has 2 aromatic carbocycles. The Kier molecular flexibility index (Phi) is 24.9. The third kappa shape index (κ3) is 15.5. The highest BCUT2D eigenvalue weighted by molar-refractivity contribution is 6.74. The van der Waals surface area contributed by atoms with E-state index in [2.05, 4.69) is 140 Å². The molecule has 2 aromatic heterocycles. The summed E-state index contributed by atoms with van der Waals surface area (Å²) in [5.74, 6) is 0.0532. The molecule has 1 atom stereocenters. The van der Waals surface area contributed by atoms with E-state index in [1.165, 1.54) is 5.56 Å². The maximum absolute atomic E-state index is 11.7. The molecule has 0 aliphatic carbocycles. The highest BCUT2D eigenvalue weighted by Gasteiger charge is 2.34. The molecule has 4 aromatic rings. The minimum absolute atomic E-state index is 0.0532. The molecule has 67 heavy (non-hydrogen) atoms. The van der Waals surface area contributed by atoms with Gasteiger partial charge >= 0.3 is 0 Å². The lowest BCUT2D eigenvalue weighted by Gasteiger charge is -2.29. The lowest BCUT2D eigenvalue weighted by molar-refractivity contribution is 0.101. The number of hydrogen-bond donors (Lipinski definition) is 2. The zero-order chi connectivity index (χ0) is 49.7. The second-order valence-electron chi connectivity index (χ2n) is 18.1. The standard InChI is InChI=1S/C26H49N5O2Si2.C24H41N3O3Si2/c1-8-34(9-2,10-3)32-20-25-26(21-33-35(11-4,12-5)13-6)31(30-29-25)24-16-14-23(15-17-24)22(7)28-19-18-27;1-8-31(9-2,10-3)29-18-23-24(19-30-32(11-4,12-5)13-6)27(26-25-23)22-16-14-21(15-17-22)20(7)28/h14-17,22,28H,8-13,18-21,27H2,1-7H3;14-17H,8-13,18-19H2,1-7H3. The number of carbonyl (C=O) groups is 1. The van der Waals surface area contributed by atoms with Gasteiger partial charge in [-0.3, -0.25) is 4.79 Å². The summed E-state index contributed by atoms with van der Waals surface area (Å²) in [5.41, 5.74) is 13.2. The summed E-state index contributed by atoms with van der Waals surface area (Å²) in [6.45, 7) is 34.2. The molecule has 4 rings (SSSR count). The lowest BCUT2D eigenvalue weighted by atomic mass is 10.1. The summed E-state index contributed by atoms with van der Waals surface area (Å²) in [5, 5.41) is 21.6. The minimum atomic E-state index is -1.77. The third-order valence-corrected chi connectivity index (χ3v) is 33.7. The molecule has 376 valence electrons. The van der Waals surface area contributed by atoms with Gasteiger partial charge in [0.25, 0.3) is 0 Å². The highest BCUT2D eigenvalue weighted by atomic mass is 28.4. The van der Waals surface area contributed by atoms with Crippen molar-refractivity contribution < 1.29 is 22.5 Å². The molecule has 0 aliphatic heterocycles. The first-order chi connectivity index (χ1) is 32.2. The molecule has 0 saturated heterocycles. The van der Waals surface area contributed by atoms with Gasteiger partial charge in [0.2, 0.25) is 0 Å². The summed E-state index contributed by atoms with van der Waals surface area (Å²) in [6, 6.07) is 29.6. The fourth-order valence-electron chi connectivity index (χ4n) is 8.86. The average Bonchev–Trinajstić information content (AvgIpc) is 3.99. The number of Topliss-reactive ketones (excluding diaryl/α,β-unsaturated/α-hetero) is 1. The number of nitrogens with one attached hydrogen (secondary N) is 1. The fraction of sp³-hybridized carbons (Fsp3) is 0.660. The van der Waals surface area contributed by atoms with Gasteiger partial charge in [-0.15, -0.1) is 10.2 Å². The molecule has 0 aliphatic rings. The molecule has 17 heteroatoms. The van der Waals surface area contributed by atoms with Gasteiger partial charge < -0.3 is 28.8 Å². The van der Waals surface area contributed by atoms with Crippen LogP contribution in [0.15, 0.2) is 48.5 Å². The number of benzene rings is 2. The van der Waals surface area contributed by atoms with Crippen LogP contribution in [-0.2, 0) is 44.1 Å². The van der Waals surface area contributed by atoms with Gasteiger partial charge in [0.05, 0.1) is 49.2 Å². The predicted octanol–water partition coefficient (Wildman–Crippen LogP) is 12.4. The van der Waals surface area contributed by atoms with Crippen LogP contribution >= 0.6 is 0 Å². The van der Waals surface area contributed by atoms with Crippen molar-refractivity contribution in [1.82, 2.24) is 35.3 Å². The lowest BCUT2D eigenvalue weighted by Crippen LogP contribution is -2.36. The van der Waals surface area contributed by atoms with Crippen molar-refractivity contribution >= 4 is 39.1 Å². The molecule has 0 amide bonds. The maximum Gasteiger partial charge on any atom is 0.192 e. The summed E-state index contributed by atoms with van der Waals surface area (Å²) in [4.78, 5) is 11.7. The van der Waals surface area contributed by atoms with E-state index in [1.54, 1.807) is 6.92 Å². The summed E-state index contributed by atoms with van der Waals surface area (Å²) in [6.07, 6.45) is 0.